The van der Waals surface area contributed by atoms with Gasteiger partial charge in [-0.2, -0.15) is 0 Å². The van der Waals surface area contributed by atoms with Crippen LogP contribution in [0, 0.1) is 0 Å². The van der Waals surface area contributed by atoms with Gasteiger partial charge in [0.05, 0.1) is 24.9 Å². The molecule has 1 aromatic carbocycles. The van der Waals surface area contributed by atoms with Crippen molar-refractivity contribution >= 4 is 0 Å². The van der Waals surface area contributed by atoms with Gasteiger partial charge in [-0.15, -0.1) is 0 Å². The molecule has 0 saturated heterocycles. The molecule has 94 valence electrons. The number of rotatable bonds is 4. The molecule has 3 atom stereocenters. The summed E-state index contributed by atoms with van der Waals surface area (Å²) in [6.45, 7) is 0.637. The maximum atomic E-state index is 9.69. The fourth-order valence-electron chi connectivity index (χ4n) is 2.27. The first-order chi connectivity index (χ1) is 8.29. The van der Waals surface area contributed by atoms with Crippen LogP contribution in [0.5, 0.6) is 0 Å². The summed E-state index contributed by atoms with van der Waals surface area (Å²) in [4.78, 5) is 0. The highest BCUT2D eigenvalue weighted by molar-refractivity contribution is 5.13. The zero-order chi connectivity index (χ0) is 12.1. The SMILES string of the molecule is CO[C@@H]1C[C@H](OCc2ccccc2)CC[C@H]1O. The van der Waals surface area contributed by atoms with Gasteiger partial charge in [0.1, 0.15) is 0 Å². The van der Waals surface area contributed by atoms with Crippen LogP contribution in [0.4, 0.5) is 0 Å². The van der Waals surface area contributed by atoms with E-state index in [1.54, 1.807) is 7.11 Å². The van der Waals surface area contributed by atoms with Gasteiger partial charge in [0.15, 0.2) is 0 Å². The summed E-state index contributed by atoms with van der Waals surface area (Å²) >= 11 is 0. The van der Waals surface area contributed by atoms with E-state index in [1.165, 1.54) is 5.56 Å². The summed E-state index contributed by atoms with van der Waals surface area (Å²) in [6, 6.07) is 10.2. The molecule has 1 aliphatic carbocycles. The van der Waals surface area contributed by atoms with Gasteiger partial charge in [0, 0.05) is 13.5 Å². The van der Waals surface area contributed by atoms with Crippen LogP contribution in [-0.2, 0) is 16.1 Å². The maximum Gasteiger partial charge on any atom is 0.0854 e. The van der Waals surface area contributed by atoms with Crippen LogP contribution in [0.1, 0.15) is 24.8 Å². The smallest absolute Gasteiger partial charge is 0.0854 e. The van der Waals surface area contributed by atoms with Crippen LogP contribution in [-0.4, -0.2) is 30.5 Å². The molecule has 0 radical (unpaired) electrons. The third kappa shape index (κ3) is 3.53. The molecule has 1 aromatic rings. The van der Waals surface area contributed by atoms with E-state index in [0.717, 1.165) is 19.3 Å². The Hall–Kier alpha value is -0.900. The summed E-state index contributed by atoms with van der Waals surface area (Å²) in [5, 5.41) is 9.69. The van der Waals surface area contributed by atoms with Crippen molar-refractivity contribution in [1.82, 2.24) is 0 Å². The number of aliphatic hydroxyl groups excluding tert-OH is 1. The Morgan fingerprint density at radius 3 is 2.71 bits per heavy atom. The van der Waals surface area contributed by atoms with Crippen LogP contribution in [0.3, 0.4) is 0 Å². The second kappa shape index (κ2) is 6.15. The minimum atomic E-state index is -0.337. The first kappa shape index (κ1) is 12.6. The van der Waals surface area contributed by atoms with Crippen LogP contribution >= 0.6 is 0 Å². The molecule has 3 nitrogen and oxygen atoms in total. The van der Waals surface area contributed by atoms with Crippen molar-refractivity contribution in [3.63, 3.8) is 0 Å². The average Bonchev–Trinajstić information content (AvgIpc) is 2.39. The standard InChI is InChI=1S/C14H20O3/c1-16-14-9-12(7-8-13(14)15)17-10-11-5-3-2-4-6-11/h2-6,12-15H,7-10H2,1H3/t12-,13-,14-/m1/s1. The van der Waals surface area contributed by atoms with Gasteiger partial charge in [-0.25, -0.2) is 0 Å². The predicted molar refractivity (Wildman–Crippen MR) is 65.7 cm³/mol. The largest absolute Gasteiger partial charge is 0.390 e. The van der Waals surface area contributed by atoms with E-state index < -0.39 is 0 Å². The van der Waals surface area contributed by atoms with Gasteiger partial charge < -0.3 is 14.6 Å². The maximum absolute atomic E-state index is 9.69. The minimum Gasteiger partial charge on any atom is -0.390 e. The van der Waals surface area contributed by atoms with Gasteiger partial charge in [0.25, 0.3) is 0 Å². The second-order valence-corrected chi connectivity index (χ2v) is 4.57. The normalized spacial score (nSPS) is 29.2. The number of benzene rings is 1. The molecule has 0 bridgehead atoms. The van der Waals surface area contributed by atoms with Crippen LogP contribution in [0.15, 0.2) is 30.3 Å². The molecule has 2 rings (SSSR count). The Labute approximate surface area is 102 Å². The van der Waals surface area contributed by atoms with Crippen molar-refractivity contribution in [3.8, 4) is 0 Å². The van der Waals surface area contributed by atoms with Gasteiger partial charge in [-0.05, 0) is 18.4 Å². The van der Waals surface area contributed by atoms with Gasteiger partial charge in [-0.1, -0.05) is 30.3 Å². The van der Waals surface area contributed by atoms with E-state index in [0.29, 0.717) is 6.61 Å². The average molecular weight is 236 g/mol. The zero-order valence-electron chi connectivity index (χ0n) is 10.2. The van der Waals surface area contributed by atoms with Crippen LogP contribution in [0.2, 0.25) is 0 Å². The number of aliphatic hydroxyl groups is 1. The molecule has 0 spiro atoms. The Morgan fingerprint density at radius 1 is 1.24 bits per heavy atom. The molecule has 1 N–H and O–H groups in total. The summed E-state index contributed by atoms with van der Waals surface area (Å²) in [5.41, 5.74) is 1.19. The number of hydrogen-bond acceptors (Lipinski definition) is 3. The monoisotopic (exact) mass is 236 g/mol. The number of hydrogen-bond donors (Lipinski definition) is 1. The first-order valence-electron chi connectivity index (χ1n) is 6.16. The molecule has 0 aliphatic heterocycles. The van der Waals surface area contributed by atoms with Crippen molar-refractivity contribution in [3.05, 3.63) is 35.9 Å². The number of ether oxygens (including phenoxy) is 2. The zero-order valence-corrected chi connectivity index (χ0v) is 10.2. The van der Waals surface area contributed by atoms with E-state index >= 15 is 0 Å². The minimum absolute atomic E-state index is 0.0791. The van der Waals surface area contributed by atoms with Crippen molar-refractivity contribution in [2.45, 2.75) is 44.2 Å². The lowest BCUT2D eigenvalue weighted by Crippen LogP contribution is -2.38. The fourth-order valence-corrected chi connectivity index (χ4v) is 2.27. The lowest BCUT2D eigenvalue weighted by molar-refractivity contribution is -0.0920. The fraction of sp³-hybridized carbons (Fsp3) is 0.571. The predicted octanol–water partition coefficient (Wildman–Crippen LogP) is 2.13. The molecule has 17 heavy (non-hydrogen) atoms. The Bertz CT molecular complexity index is 325. The summed E-state index contributed by atoms with van der Waals surface area (Å²) in [5.74, 6) is 0. The van der Waals surface area contributed by atoms with Crippen LogP contribution < -0.4 is 0 Å². The van der Waals surface area contributed by atoms with Gasteiger partial charge >= 0.3 is 0 Å². The lowest BCUT2D eigenvalue weighted by atomic mass is 9.92. The molecule has 0 amide bonds. The van der Waals surface area contributed by atoms with Crippen molar-refractivity contribution < 1.29 is 14.6 Å². The summed E-state index contributed by atoms with van der Waals surface area (Å²) in [7, 11) is 1.65. The molecule has 1 fully saturated rings. The molecule has 1 saturated carbocycles. The van der Waals surface area contributed by atoms with Crippen molar-refractivity contribution in [2.75, 3.05) is 7.11 Å². The van der Waals surface area contributed by atoms with Crippen molar-refractivity contribution in [2.24, 2.45) is 0 Å². The first-order valence-corrected chi connectivity index (χ1v) is 6.16. The molecule has 1 aliphatic rings. The molecule has 0 aromatic heterocycles. The Kier molecular flexibility index (Phi) is 4.54. The van der Waals surface area contributed by atoms with Crippen LogP contribution in [0.25, 0.3) is 0 Å². The van der Waals surface area contributed by atoms with Crippen molar-refractivity contribution in [1.29, 1.82) is 0 Å². The summed E-state index contributed by atoms with van der Waals surface area (Å²) in [6.07, 6.45) is 2.24. The quantitative estimate of drug-likeness (QED) is 0.870. The van der Waals surface area contributed by atoms with E-state index in [9.17, 15) is 5.11 Å². The molecule has 0 heterocycles. The molecule has 3 heteroatoms. The number of methoxy groups -OCH3 is 1. The summed E-state index contributed by atoms with van der Waals surface area (Å²) < 4.78 is 11.1. The highest BCUT2D eigenvalue weighted by Crippen LogP contribution is 2.24. The second-order valence-electron chi connectivity index (χ2n) is 4.57. The third-order valence-corrected chi connectivity index (χ3v) is 3.34. The van der Waals surface area contributed by atoms with Gasteiger partial charge in [0.2, 0.25) is 0 Å². The van der Waals surface area contributed by atoms with E-state index in [-0.39, 0.29) is 18.3 Å². The van der Waals surface area contributed by atoms with Gasteiger partial charge in [-0.3, -0.25) is 0 Å². The highest BCUT2D eigenvalue weighted by atomic mass is 16.5. The lowest BCUT2D eigenvalue weighted by Gasteiger charge is -2.32. The van der Waals surface area contributed by atoms with E-state index in [1.807, 2.05) is 18.2 Å². The highest BCUT2D eigenvalue weighted by Gasteiger charge is 2.29. The molecule has 0 unspecified atom stereocenters. The van der Waals surface area contributed by atoms with E-state index in [2.05, 4.69) is 12.1 Å². The third-order valence-electron chi connectivity index (χ3n) is 3.34. The molecular weight excluding hydrogens is 216 g/mol. The van der Waals surface area contributed by atoms with E-state index in [4.69, 9.17) is 9.47 Å². The molecular formula is C14H20O3. The topological polar surface area (TPSA) is 38.7 Å². The Balaban J connectivity index is 1.80. The Morgan fingerprint density at radius 2 is 2.00 bits per heavy atom.